The molecular formula is C18H20N2O2. The molecule has 0 unspecified atom stereocenters. The fourth-order valence-electron chi connectivity index (χ4n) is 3.69. The molecule has 0 bridgehead atoms. The van der Waals surface area contributed by atoms with Gasteiger partial charge in [-0.25, -0.2) is 0 Å². The fourth-order valence-corrected chi connectivity index (χ4v) is 3.69. The molecule has 22 heavy (non-hydrogen) atoms. The summed E-state index contributed by atoms with van der Waals surface area (Å²) < 4.78 is 5.42. The highest BCUT2D eigenvalue weighted by Crippen LogP contribution is 2.59. The van der Waals surface area contributed by atoms with Crippen molar-refractivity contribution in [2.45, 2.75) is 26.2 Å². The Morgan fingerprint density at radius 1 is 1.32 bits per heavy atom. The molecule has 2 aliphatic rings. The van der Waals surface area contributed by atoms with Gasteiger partial charge in [-0.05, 0) is 55.4 Å². The largest absolute Gasteiger partial charge is 0.381 e. The van der Waals surface area contributed by atoms with Gasteiger partial charge in [0.05, 0.1) is 11.2 Å². The summed E-state index contributed by atoms with van der Waals surface area (Å²) in [6, 6.07) is 7.93. The molecule has 1 spiro atoms. The number of carbonyl (C=O) groups excluding carboxylic acids is 1. The summed E-state index contributed by atoms with van der Waals surface area (Å²) in [6.45, 7) is 3.63. The number of aromatic nitrogens is 1. The highest BCUT2D eigenvalue weighted by atomic mass is 16.5. The first-order valence-electron chi connectivity index (χ1n) is 7.93. The van der Waals surface area contributed by atoms with Crippen molar-refractivity contribution in [3.63, 3.8) is 0 Å². The highest BCUT2D eigenvalue weighted by Gasteiger charge is 2.57. The molecule has 0 radical (unpaired) electrons. The maximum Gasteiger partial charge on any atom is 0.228 e. The number of rotatable bonds is 2. The molecular weight excluding hydrogens is 276 g/mol. The minimum Gasteiger partial charge on any atom is -0.381 e. The van der Waals surface area contributed by atoms with Crippen LogP contribution in [-0.4, -0.2) is 24.1 Å². The Labute approximate surface area is 129 Å². The van der Waals surface area contributed by atoms with Gasteiger partial charge < -0.3 is 10.1 Å². The Morgan fingerprint density at radius 2 is 2.14 bits per heavy atom. The molecule has 1 aliphatic heterocycles. The van der Waals surface area contributed by atoms with Crippen LogP contribution >= 0.6 is 0 Å². The van der Waals surface area contributed by atoms with Gasteiger partial charge >= 0.3 is 0 Å². The molecule has 4 rings (SSSR count). The van der Waals surface area contributed by atoms with Crippen molar-refractivity contribution in [2.75, 3.05) is 18.5 Å². The van der Waals surface area contributed by atoms with E-state index in [1.807, 2.05) is 31.2 Å². The number of carbonyl (C=O) groups is 1. The molecule has 1 amide bonds. The smallest absolute Gasteiger partial charge is 0.228 e. The van der Waals surface area contributed by atoms with Gasteiger partial charge in [-0.3, -0.25) is 9.78 Å². The lowest BCUT2D eigenvalue weighted by molar-refractivity contribution is -0.118. The average Bonchev–Trinajstić information content (AvgIpc) is 3.24. The Morgan fingerprint density at radius 3 is 2.95 bits per heavy atom. The number of fused-ring (bicyclic) bond motifs is 1. The van der Waals surface area contributed by atoms with Crippen LogP contribution in [0.15, 0.2) is 30.5 Å². The third kappa shape index (κ3) is 2.18. The van der Waals surface area contributed by atoms with E-state index in [1.54, 1.807) is 6.20 Å². The van der Waals surface area contributed by atoms with Crippen LogP contribution in [0.2, 0.25) is 0 Å². The van der Waals surface area contributed by atoms with E-state index in [-0.39, 0.29) is 17.2 Å². The van der Waals surface area contributed by atoms with E-state index in [0.717, 1.165) is 54.6 Å². The van der Waals surface area contributed by atoms with Crippen LogP contribution in [0.25, 0.3) is 10.9 Å². The molecule has 2 fully saturated rings. The Kier molecular flexibility index (Phi) is 3.15. The molecule has 1 aliphatic carbocycles. The molecule has 1 aromatic carbocycles. The Balaban J connectivity index is 1.57. The van der Waals surface area contributed by atoms with Crippen molar-refractivity contribution in [3.8, 4) is 0 Å². The average molecular weight is 296 g/mol. The van der Waals surface area contributed by atoms with Gasteiger partial charge in [0.1, 0.15) is 0 Å². The number of anilines is 1. The van der Waals surface area contributed by atoms with Crippen molar-refractivity contribution in [1.82, 2.24) is 4.98 Å². The predicted octanol–water partition coefficient (Wildman–Crippen LogP) is 3.30. The second-order valence-corrected chi connectivity index (χ2v) is 6.55. The third-order valence-electron chi connectivity index (χ3n) is 5.22. The Bertz CT molecular complexity index is 735. The maximum atomic E-state index is 12.6. The summed E-state index contributed by atoms with van der Waals surface area (Å²) >= 11 is 0. The zero-order chi connectivity index (χ0) is 15.2. The summed E-state index contributed by atoms with van der Waals surface area (Å²) in [4.78, 5) is 17.0. The van der Waals surface area contributed by atoms with Crippen LogP contribution < -0.4 is 5.32 Å². The number of ether oxygens (including phenoxy) is 1. The van der Waals surface area contributed by atoms with Crippen LogP contribution in [0.4, 0.5) is 5.69 Å². The summed E-state index contributed by atoms with van der Waals surface area (Å²) in [6.07, 6.45) is 4.83. The van der Waals surface area contributed by atoms with Crippen LogP contribution in [-0.2, 0) is 9.53 Å². The highest BCUT2D eigenvalue weighted by molar-refractivity contribution is 6.03. The van der Waals surface area contributed by atoms with Gasteiger partial charge in [0.25, 0.3) is 0 Å². The third-order valence-corrected chi connectivity index (χ3v) is 5.22. The van der Waals surface area contributed by atoms with E-state index in [0.29, 0.717) is 0 Å². The van der Waals surface area contributed by atoms with Gasteiger partial charge in [0.15, 0.2) is 0 Å². The van der Waals surface area contributed by atoms with Gasteiger partial charge in [-0.1, -0.05) is 6.07 Å². The van der Waals surface area contributed by atoms with Gasteiger partial charge in [-0.15, -0.1) is 0 Å². The van der Waals surface area contributed by atoms with Crippen LogP contribution in [0.3, 0.4) is 0 Å². The summed E-state index contributed by atoms with van der Waals surface area (Å²) in [5, 5.41) is 4.14. The standard InChI is InChI=1S/C18H20N2O2/c1-12-4-5-15(13-3-2-8-19-16(12)13)20-17(21)14-11-18(14)6-9-22-10-7-18/h2-5,8,14H,6-7,9-11H2,1H3,(H,20,21)/t14-/m1/s1. The van der Waals surface area contributed by atoms with E-state index in [9.17, 15) is 4.79 Å². The minimum absolute atomic E-state index is 0.143. The van der Waals surface area contributed by atoms with Gasteiger partial charge in [0.2, 0.25) is 5.91 Å². The van der Waals surface area contributed by atoms with E-state index in [4.69, 9.17) is 4.74 Å². The first kappa shape index (κ1) is 13.7. The van der Waals surface area contributed by atoms with E-state index in [2.05, 4.69) is 10.3 Å². The van der Waals surface area contributed by atoms with E-state index in [1.165, 1.54) is 0 Å². The molecule has 4 heteroatoms. The molecule has 1 saturated carbocycles. The first-order chi connectivity index (χ1) is 10.7. The Hall–Kier alpha value is -1.94. The van der Waals surface area contributed by atoms with Gasteiger partial charge in [0, 0.05) is 30.7 Å². The summed E-state index contributed by atoms with van der Waals surface area (Å²) in [7, 11) is 0. The SMILES string of the molecule is Cc1ccc(NC(=O)[C@H]2CC23CCOCC3)c2cccnc12. The lowest BCUT2D eigenvalue weighted by Crippen LogP contribution is -2.24. The molecule has 4 nitrogen and oxygen atoms in total. The van der Waals surface area contributed by atoms with Crippen LogP contribution in [0.5, 0.6) is 0 Å². The maximum absolute atomic E-state index is 12.6. The quantitative estimate of drug-likeness (QED) is 0.925. The molecule has 114 valence electrons. The summed E-state index contributed by atoms with van der Waals surface area (Å²) in [5.41, 5.74) is 3.16. The van der Waals surface area contributed by atoms with Crippen LogP contribution in [0, 0.1) is 18.3 Å². The lowest BCUT2D eigenvalue weighted by Gasteiger charge is -2.22. The monoisotopic (exact) mass is 296 g/mol. The predicted molar refractivity (Wildman–Crippen MR) is 85.7 cm³/mol. The topological polar surface area (TPSA) is 51.2 Å². The molecule has 1 aromatic heterocycles. The molecule has 1 atom stereocenters. The van der Waals surface area contributed by atoms with E-state index >= 15 is 0 Å². The van der Waals surface area contributed by atoms with Crippen molar-refractivity contribution < 1.29 is 9.53 Å². The molecule has 2 heterocycles. The second-order valence-electron chi connectivity index (χ2n) is 6.55. The fraction of sp³-hybridized carbons (Fsp3) is 0.444. The first-order valence-corrected chi connectivity index (χ1v) is 7.93. The summed E-state index contributed by atoms with van der Waals surface area (Å²) in [5.74, 6) is 0.292. The number of hydrogen-bond donors (Lipinski definition) is 1. The normalized spacial score (nSPS) is 22.7. The number of benzene rings is 1. The number of nitrogens with zero attached hydrogens (tertiary/aromatic N) is 1. The zero-order valence-electron chi connectivity index (χ0n) is 12.8. The van der Waals surface area contributed by atoms with Crippen molar-refractivity contribution in [3.05, 3.63) is 36.0 Å². The lowest BCUT2D eigenvalue weighted by atomic mass is 9.93. The van der Waals surface area contributed by atoms with Gasteiger partial charge in [-0.2, -0.15) is 0 Å². The van der Waals surface area contributed by atoms with Crippen molar-refractivity contribution in [2.24, 2.45) is 11.3 Å². The number of nitrogens with one attached hydrogen (secondary N) is 1. The molecule has 1 N–H and O–H groups in total. The van der Waals surface area contributed by atoms with Crippen molar-refractivity contribution in [1.29, 1.82) is 0 Å². The number of hydrogen-bond acceptors (Lipinski definition) is 3. The zero-order valence-corrected chi connectivity index (χ0v) is 12.8. The van der Waals surface area contributed by atoms with Crippen molar-refractivity contribution >= 4 is 22.5 Å². The number of amides is 1. The minimum atomic E-state index is 0.143. The molecule has 2 aromatic rings. The van der Waals surface area contributed by atoms with Crippen LogP contribution in [0.1, 0.15) is 24.8 Å². The number of aryl methyl sites for hydroxylation is 1. The second kappa shape index (κ2) is 5.06. The van der Waals surface area contributed by atoms with E-state index < -0.39 is 0 Å². The molecule has 1 saturated heterocycles. The number of pyridine rings is 1.